The summed E-state index contributed by atoms with van der Waals surface area (Å²) in [6, 6.07) is 7.66. The highest BCUT2D eigenvalue weighted by molar-refractivity contribution is 5.44. The normalized spacial score (nSPS) is 12.4. The first-order valence-electron chi connectivity index (χ1n) is 6.68. The molecule has 2 rings (SSSR count). The van der Waals surface area contributed by atoms with E-state index in [2.05, 4.69) is 10.3 Å². The van der Waals surface area contributed by atoms with E-state index >= 15 is 0 Å². The highest BCUT2D eigenvalue weighted by atomic mass is 16.1. The van der Waals surface area contributed by atoms with Crippen LogP contribution in [0.2, 0.25) is 0 Å². The zero-order valence-corrected chi connectivity index (χ0v) is 12.0. The maximum atomic E-state index is 12.3. The molecule has 5 nitrogen and oxygen atoms in total. The predicted octanol–water partition coefficient (Wildman–Crippen LogP) is 2.58. The molecule has 0 aliphatic rings. The van der Waals surface area contributed by atoms with Crippen LogP contribution in [0.5, 0.6) is 0 Å². The molecule has 1 atom stereocenters. The maximum Gasteiger partial charge on any atom is 0.293 e. The summed E-state index contributed by atoms with van der Waals surface area (Å²) < 4.78 is 1.65. The van der Waals surface area contributed by atoms with Crippen molar-refractivity contribution in [3.63, 3.8) is 0 Å². The van der Waals surface area contributed by atoms with Gasteiger partial charge in [0.2, 0.25) is 0 Å². The number of nitrogens with two attached hydrogens (primary N) is 1. The average Bonchev–Trinajstić information content (AvgIpc) is 2.40. The Kier molecular flexibility index (Phi) is 4.08. The molecule has 1 aromatic carbocycles. The van der Waals surface area contributed by atoms with Gasteiger partial charge in [-0.3, -0.25) is 4.79 Å². The van der Waals surface area contributed by atoms with Crippen molar-refractivity contribution < 1.29 is 0 Å². The summed E-state index contributed by atoms with van der Waals surface area (Å²) in [6.07, 6.45) is 3.33. The Balaban J connectivity index is 2.26. The fraction of sp³-hybridized carbons (Fsp3) is 0.333. The largest absolute Gasteiger partial charge is 0.399 e. The van der Waals surface area contributed by atoms with E-state index in [1.807, 2.05) is 45.0 Å². The Morgan fingerprint density at radius 2 is 2.05 bits per heavy atom. The fourth-order valence-corrected chi connectivity index (χ4v) is 2.05. The van der Waals surface area contributed by atoms with E-state index in [0.29, 0.717) is 11.5 Å². The molecule has 20 heavy (non-hydrogen) atoms. The van der Waals surface area contributed by atoms with E-state index in [4.69, 9.17) is 5.73 Å². The van der Waals surface area contributed by atoms with Crippen LogP contribution in [0.4, 0.5) is 11.5 Å². The highest BCUT2D eigenvalue weighted by Gasteiger charge is 2.11. The summed E-state index contributed by atoms with van der Waals surface area (Å²) in [5, 5.41) is 3.15. The van der Waals surface area contributed by atoms with Crippen molar-refractivity contribution in [2.75, 3.05) is 11.1 Å². The fourth-order valence-electron chi connectivity index (χ4n) is 2.05. The second kappa shape index (κ2) is 5.77. The van der Waals surface area contributed by atoms with E-state index in [0.717, 1.165) is 5.56 Å². The molecule has 2 aromatic rings. The van der Waals surface area contributed by atoms with Crippen molar-refractivity contribution in [3.05, 3.63) is 52.6 Å². The van der Waals surface area contributed by atoms with Crippen molar-refractivity contribution in [1.82, 2.24) is 9.55 Å². The molecule has 5 heteroatoms. The van der Waals surface area contributed by atoms with Gasteiger partial charge in [0.05, 0.1) is 6.04 Å². The summed E-state index contributed by atoms with van der Waals surface area (Å²) in [6.45, 7) is 5.90. The van der Waals surface area contributed by atoms with Gasteiger partial charge >= 0.3 is 0 Å². The monoisotopic (exact) mass is 272 g/mol. The lowest BCUT2D eigenvalue weighted by molar-refractivity contribution is 0.574. The number of nitrogen functional groups attached to an aromatic ring is 1. The van der Waals surface area contributed by atoms with Gasteiger partial charge in [-0.15, -0.1) is 0 Å². The predicted molar refractivity (Wildman–Crippen MR) is 81.8 cm³/mol. The SMILES string of the molecule is CC(Nc1nccn(C(C)C)c1=O)c1cccc(N)c1. The van der Waals surface area contributed by atoms with Crippen molar-refractivity contribution in [3.8, 4) is 0 Å². The average molecular weight is 272 g/mol. The second-order valence-electron chi connectivity index (χ2n) is 5.12. The van der Waals surface area contributed by atoms with Gasteiger partial charge in [0.25, 0.3) is 5.56 Å². The lowest BCUT2D eigenvalue weighted by atomic mass is 10.1. The number of aromatic nitrogens is 2. The van der Waals surface area contributed by atoms with Crippen LogP contribution < -0.4 is 16.6 Å². The summed E-state index contributed by atoms with van der Waals surface area (Å²) in [7, 11) is 0. The minimum absolute atomic E-state index is 0.0401. The molecule has 0 aliphatic heterocycles. The zero-order valence-electron chi connectivity index (χ0n) is 12.0. The number of hydrogen-bond donors (Lipinski definition) is 2. The van der Waals surface area contributed by atoms with Gasteiger partial charge in [-0.25, -0.2) is 4.98 Å². The Labute approximate surface area is 118 Å². The van der Waals surface area contributed by atoms with Gasteiger partial charge < -0.3 is 15.6 Å². The number of rotatable bonds is 4. The molecular weight excluding hydrogens is 252 g/mol. The number of nitrogens with zero attached hydrogens (tertiary/aromatic N) is 2. The van der Waals surface area contributed by atoms with Gasteiger partial charge in [-0.1, -0.05) is 12.1 Å². The second-order valence-corrected chi connectivity index (χ2v) is 5.12. The molecule has 0 amide bonds. The number of hydrogen-bond acceptors (Lipinski definition) is 4. The molecule has 0 radical (unpaired) electrons. The summed E-state index contributed by atoms with van der Waals surface area (Å²) in [5.41, 5.74) is 7.39. The van der Waals surface area contributed by atoms with Crippen LogP contribution in [-0.4, -0.2) is 9.55 Å². The third kappa shape index (κ3) is 2.99. The molecule has 0 fully saturated rings. The molecule has 106 valence electrons. The van der Waals surface area contributed by atoms with Crippen LogP contribution in [0.1, 0.15) is 38.4 Å². The molecule has 0 saturated heterocycles. The molecule has 0 bridgehead atoms. The van der Waals surface area contributed by atoms with Gasteiger partial charge in [-0.2, -0.15) is 0 Å². The molecule has 1 aromatic heterocycles. The first-order chi connectivity index (χ1) is 9.49. The molecule has 1 heterocycles. The first-order valence-corrected chi connectivity index (χ1v) is 6.68. The first kappa shape index (κ1) is 14.1. The van der Waals surface area contributed by atoms with E-state index in [1.165, 1.54) is 0 Å². The standard InChI is InChI=1S/C15H20N4O/c1-10(2)19-8-7-17-14(15(19)20)18-11(3)12-5-4-6-13(16)9-12/h4-11H,16H2,1-3H3,(H,17,18). The van der Waals surface area contributed by atoms with Gasteiger partial charge in [0, 0.05) is 24.1 Å². The minimum Gasteiger partial charge on any atom is -0.399 e. The van der Waals surface area contributed by atoms with Crippen LogP contribution in [0.15, 0.2) is 41.5 Å². The van der Waals surface area contributed by atoms with Crippen molar-refractivity contribution in [1.29, 1.82) is 0 Å². The van der Waals surface area contributed by atoms with Crippen molar-refractivity contribution in [2.24, 2.45) is 0 Å². The quantitative estimate of drug-likeness (QED) is 0.839. The van der Waals surface area contributed by atoms with Crippen molar-refractivity contribution in [2.45, 2.75) is 32.9 Å². The summed E-state index contributed by atoms with van der Waals surface area (Å²) in [5.74, 6) is 0.358. The zero-order chi connectivity index (χ0) is 14.7. The van der Waals surface area contributed by atoms with Crippen LogP contribution in [0.3, 0.4) is 0 Å². The Morgan fingerprint density at radius 3 is 2.70 bits per heavy atom. The van der Waals surface area contributed by atoms with Crippen LogP contribution in [0.25, 0.3) is 0 Å². The Hall–Kier alpha value is -2.30. The molecule has 0 saturated carbocycles. The van der Waals surface area contributed by atoms with Crippen LogP contribution in [-0.2, 0) is 0 Å². The molecule has 3 N–H and O–H groups in total. The van der Waals surface area contributed by atoms with Gasteiger partial charge in [-0.05, 0) is 38.5 Å². The van der Waals surface area contributed by atoms with Gasteiger partial charge in [0.15, 0.2) is 5.82 Å². The third-order valence-electron chi connectivity index (χ3n) is 3.19. The lowest BCUT2D eigenvalue weighted by Gasteiger charge is -2.16. The highest BCUT2D eigenvalue weighted by Crippen LogP contribution is 2.18. The smallest absolute Gasteiger partial charge is 0.293 e. The number of nitrogens with one attached hydrogen (secondary N) is 1. The Morgan fingerprint density at radius 1 is 1.30 bits per heavy atom. The number of anilines is 2. The number of benzene rings is 1. The molecule has 1 unspecified atom stereocenters. The van der Waals surface area contributed by atoms with E-state index in [1.54, 1.807) is 17.0 Å². The molecular formula is C15H20N4O. The van der Waals surface area contributed by atoms with Crippen molar-refractivity contribution >= 4 is 11.5 Å². The Bertz CT molecular complexity index is 648. The lowest BCUT2D eigenvalue weighted by Crippen LogP contribution is -2.26. The van der Waals surface area contributed by atoms with Crippen LogP contribution >= 0.6 is 0 Å². The van der Waals surface area contributed by atoms with E-state index in [9.17, 15) is 4.79 Å². The minimum atomic E-state index is -0.113. The van der Waals surface area contributed by atoms with Crippen LogP contribution in [0, 0.1) is 0 Å². The van der Waals surface area contributed by atoms with E-state index in [-0.39, 0.29) is 17.6 Å². The molecule has 0 spiro atoms. The summed E-state index contributed by atoms with van der Waals surface area (Å²) in [4.78, 5) is 16.4. The topological polar surface area (TPSA) is 72.9 Å². The van der Waals surface area contributed by atoms with Gasteiger partial charge in [0.1, 0.15) is 0 Å². The molecule has 0 aliphatic carbocycles. The third-order valence-corrected chi connectivity index (χ3v) is 3.19. The summed E-state index contributed by atoms with van der Waals surface area (Å²) >= 11 is 0. The van der Waals surface area contributed by atoms with E-state index < -0.39 is 0 Å². The maximum absolute atomic E-state index is 12.3.